The molecule has 39 heavy (non-hydrogen) atoms. The number of benzene rings is 1. The Labute approximate surface area is 239 Å². The highest BCUT2D eigenvalue weighted by molar-refractivity contribution is 7.80. The molecule has 1 aromatic rings. The summed E-state index contributed by atoms with van der Waals surface area (Å²) >= 11 is 11.3. The molecule has 1 fully saturated rings. The number of nitrogens with two attached hydrogens (primary N) is 1. The van der Waals surface area contributed by atoms with Crippen LogP contribution in [-0.4, -0.2) is 36.1 Å². The van der Waals surface area contributed by atoms with Gasteiger partial charge in [0.05, 0.1) is 17.6 Å². The summed E-state index contributed by atoms with van der Waals surface area (Å²) in [5.41, 5.74) is 3.03. The summed E-state index contributed by atoms with van der Waals surface area (Å²) in [6.07, 6.45) is -1.39. The number of carbonyl (C=O) groups excluding carboxylic acids is 2. The smallest absolute Gasteiger partial charge is 0.412 e. The van der Waals surface area contributed by atoms with Gasteiger partial charge >= 0.3 is 12.1 Å². The number of alkyl halides is 3. The maximum atomic E-state index is 15.0. The molecule has 0 heterocycles. The highest BCUT2D eigenvalue weighted by atomic mass is 35.5. The number of hydrogen-bond acceptors (Lipinski definition) is 5. The topological polar surface area (TPSA) is 72.6 Å². The third-order valence-corrected chi connectivity index (χ3v) is 6.30. The van der Waals surface area contributed by atoms with E-state index in [1.54, 1.807) is 6.92 Å². The lowest BCUT2D eigenvalue weighted by atomic mass is 9.80. The number of ether oxygens (including phenoxy) is 1. The van der Waals surface area contributed by atoms with E-state index >= 15 is 0 Å². The van der Waals surface area contributed by atoms with Gasteiger partial charge in [0.15, 0.2) is 0 Å². The molecular formula is C28H39ClF4N2O3S. The third kappa shape index (κ3) is 10.3. The van der Waals surface area contributed by atoms with E-state index < -0.39 is 47.1 Å². The van der Waals surface area contributed by atoms with Crippen molar-refractivity contribution in [2.24, 2.45) is 11.1 Å². The van der Waals surface area contributed by atoms with E-state index in [9.17, 15) is 27.2 Å². The average molecular weight is 595 g/mol. The van der Waals surface area contributed by atoms with Gasteiger partial charge in [-0.2, -0.15) is 13.2 Å². The van der Waals surface area contributed by atoms with Gasteiger partial charge in [0.1, 0.15) is 12.4 Å². The van der Waals surface area contributed by atoms with Crippen LogP contribution in [0, 0.1) is 11.2 Å². The fraction of sp³-hybridized carbons (Fsp3) is 0.536. The van der Waals surface area contributed by atoms with E-state index in [1.807, 2.05) is 27.7 Å². The molecule has 2 N–H and O–H groups in total. The number of carbonyl (C=O) groups is 2. The van der Waals surface area contributed by atoms with Gasteiger partial charge < -0.3 is 10.5 Å². The van der Waals surface area contributed by atoms with Crippen molar-refractivity contribution in [2.45, 2.75) is 79.8 Å². The zero-order valence-electron chi connectivity index (χ0n) is 23.4. The molecule has 5 nitrogen and oxygen atoms in total. The van der Waals surface area contributed by atoms with Crippen LogP contribution in [0.2, 0.25) is 5.02 Å². The Morgan fingerprint density at radius 2 is 1.72 bits per heavy atom. The first-order valence-corrected chi connectivity index (χ1v) is 13.6. The van der Waals surface area contributed by atoms with Crippen LogP contribution in [0.3, 0.4) is 0 Å². The monoisotopic (exact) mass is 594 g/mol. The molecule has 0 atom stereocenters. The van der Waals surface area contributed by atoms with Gasteiger partial charge in [-0.25, -0.2) is 4.39 Å². The molecule has 0 unspecified atom stereocenters. The van der Waals surface area contributed by atoms with Crippen LogP contribution in [0.25, 0.3) is 0 Å². The lowest BCUT2D eigenvalue weighted by molar-refractivity contribution is -0.153. The molecule has 0 aromatic heterocycles. The number of thiocarbonyl (C=S) groups is 1. The second-order valence-corrected chi connectivity index (χ2v) is 9.69. The lowest BCUT2D eigenvalue weighted by Gasteiger charge is -2.29. The molecule has 2 rings (SSSR count). The summed E-state index contributed by atoms with van der Waals surface area (Å²) < 4.78 is 59.4. The predicted molar refractivity (Wildman–Crippen MR) is 153 cm³/mol. The Hall–Kier alpha value is -2.30. The molecular weight excluding hydrogens is 556 g/mol. The highest BCUT2D eigenvalue weighted by Crippen LogP contribution is 2.44. The minimum Gasteiger partial charge on any atom is -0.460 e. The molecule has 1 aromatic carbocycles. The van der Waals surface area contributed by atoms with E-state index in [4.69, 9.17) is 34.3 Å². The van der Waals surface area contributed by atoms with Crippen LogP contribution in [0.15, 0.2) is 36.1 Å². The Morgan fingerprint density at radius 3 is 2.18 bits per heavy atom. The highest BCUT2D eigenvalue weighted by Gasteiger charge is 2.43. The minimum atomic E-state index is -4.67. The SMILES string of the molecule is C=C(/C=C(\C)C(F)(F)F)N(C(=O)CN)c1cc(CC2(C(=O)OCC(C)=S)CCCC2)c(Cl)cc1F.CC.CC. The number of anilines is 1. The van der Waals surface area contributed by atoms with E-state index in [1.165, 1.54) is 6.07 Å². The second-order valence-electron chi connectivity index (χ2n) is 8.59. The van der Waals surface area contributed by atoms with Crippen LogP contribution in [0.4, 0.5) is 23.2 Å². The summed E-state index contributed by atoms with van der Waals surface area (Å²) in [6, 6.07) is 2.19. The quantitative estimate of drug-likeness (QED) is 0.136. The first-order valence-electron chi connectivity index (χ1n) is 12.8. The van der Waals surface area contributed by atoms with Crippen LogP contribution >= 0.6 is 23.8 Å². The van der Waals surface area contributed by atoms with Gasteiger partial charge in [0.25, 0.3) is 0 Å². The van der Waals surface area contributed by atoms with Crippen molar-refractivity contribution in [1.82, 2.24) is 0 Å². The summed E-state index contributed by atoms with van der Waals surface area (Å²) in [4.78, 5) is 26.7. The number of rotatable bonds is 9. The van der Waals surface area contributed by atoms with Crippen molar-refractivity contribution in [2.75, 3.05) is 18.1 Å². The third-order valence-electron chi connectivity index (χ3n) is 5.83. The van der Waals surface area contributed by atoms with Crippen molar-refractivity contribution in [3.63, 3.8) is 0 Å². The molecule has 220 valence electrons. The molecule has 0 radical (unpaired) electrons. The predicted octanol–water partition coefficient (Wildman–Crippen LogP) is 7.88. The number of hydrogen-bond donors (Lipinski definition) is 1. The molecule has 0 aliphatic heterocycles. The Morgan fingerprint density at radius 1 is 1.18 bits per heavy atom. The van der Waals surface area contributed by atoms with Crippen molar-refractivity contribution in [1.29, 1.82) is 0 Å². The maximum Gasteiger partial charge on any atom is 0.412 e. The van der Waals surface area contributed by atoms with E-state index in [-0.39, 0.29) is 23.7 Å². The normalized spacial score (nSPS) is 14.3. The zero-order valence-corrected chi connectivity index (χ0v) is 25.0. The Kier molecular flexibility index (Phi) is 15.7. The van der Waals surface area contributed by atoms with Crippen LogP contribution in [0.5, 0.6) is 0 Å². The van der Waals surface area contributed by atoms with Gasteiger partial charge in [-0.15, -0.1) is 0 Å². The molecule has 1 aliphatic carbocycles. The molecule has 0 spiro atoms. The largest absolute Gasteiger partial charge is 0.460 e. The average Bonchev–Trinajstić information content (AvgIpc) is 3.36. The molecule has 1 saturated carbocycles. The van der Waals surface area contributed by atoms with Gasteiger partial charge in [-0.3, -0.25) is 14.5 Å². The Balaban J connectivity index is 0.00000344. The maximum absolute atomic E-state index is 15.0. The van der Waals surface area contributed by atoms with E-state index in [0.717, 1.165) is 25.8 Å². The molecule has 0 saturated heterocycles. The number of esters is 1. The first-order chi connectivity index (χ1) is 18.2. The van der Waals surface area contributed by atoms with E-state index in [0.29, 0.717) is 34.2 Å². The molecule has 1 amide bonds. The minimum absolute atomic E-state index is 0.00381. The van der Waals surface area contributed by atoms with Gasteiger partial charge in [0, 0.05) is 21.2 Å². The first kappa shape index (κ1) is 36.7. The molecule has 1 aliphatic rings. The summed E-state index contributed by atoms with van der Waals surface area (Å²) in [5, 5.41) is 0.00381. The summed E-state index contributed by atoms with van der Waals surface area (Å²) in [6.45, 7) is 13.4. The fourth-order valence-corrected chi connectivity index (χ4v) is 4.29. The van der Waals surface area contributed by atoms with Crippen molar-refractivity contribution < 1.29 is 31.9 Å². The summed E-state index contributed by atoms with van der Waals surface area (Å²) in [7, 11) is 0. The number of allylic oxidation sites excluding steroid dienone is 2. The van der Waals surface area contributed by atoms with Crippen LogP contribution in [-0.2, 0) is 20.7 Å². The van der Waals surface area contributed by atoms with Crippen molar-refractivity contribution in [3.05, 3.63) is 52.5 Å². The molecule has 0 bridgehead atoms. The van der Waals surface area contributed by atoms with Gasteiger partial charge in [0.2, 0.25) is 5.91 Å². The second kappa shape index (κ2) is 16.7. The number of halogens is 5. The van der Waals surface area contributed by atoms with Gasteiger partial charge in [-0.05, 0) is 56.9 Å². The fourth-order valence-electron chi connectivity index (χ4n) is 4.01. The van der Waals surface area contributed by atoms with Crippen LogP contribution < -0.4 is 10.6 Å². The van der Waals surface area contributed by atoms with E-state index in [2.05, 4.69) is 6.58 Å². The zero-order chi connectivity index (χ0) is 30.6. The number of nitrogens with zero attached hydrogens (tertiary/aromatic N) is 1. The van der Waals surface area contributed by atoms with Crippen molar-refractivity contribution in [3.8, 4) is 0 Å². The van der Waals surface area contributed by atoms with Crippen molar-refractivity contribution >= 4 is 46.2 Å². The lowest BCUT2D eigenvalue weighted by Crippen LogP contribution is -2.36. The summed E-state index contributed by atoms with van der Waals surface area (Å²) in [5.74, 6) is -2.29. The molecule has 11 heteroatoms. The number of amides is 1. The Bertz CT molecular complexity index is 1050. The standard InChI is InChI=1S/C24H27ClF4N2O3S.2C2H6/c1-14(24(27,28)29)8-15(2)31(21(32)12-30)20-9-17(18(25)10-19(20)26)11-23(6-4-5-7-23)22(33)34-13-16(3)35;2*1-2/h8-10H,2,4-7,11-13,30H2,1,3H3;2*1-2H3/b14-8+;;. The van der Waals surface area contributed by atoms with Gasteiger partial charge in [-0.1, -0.05) is 70.9 Å². The van der Waals surface area contributed by atoms with Crippen LogP contribution in [0.1, 0.15) is 72.8 Å².